The molecule has 0 heterocycles. The average Bonchev–Trinajstić information content (AvgIpc) is 2.82. The highest BCUT2D eigenvalue weighted by atomic mass is 16.5. The molecule has 186 valence electrons. The Hall–Kier alpha value is -2.66. The van der Waals surface area contributed by atoms with E-state index in [0.29, 0.717) is 26.0 Å². The number of rotatable bonds is 16. The summed E-state index contributed by atoms with van der Waals surface area (Å²) in [6, 6.07) is 16.2. The molecule has 2 aromatic carbocycles. The molecule has 5 heteroatoms. The highest BCUT2D eigenvalue weighted by Gasteiger charge is 2.18. The molecule has 0 bridgehead atoms. The lowest BCUT2D eigenvalue weighted by Crippen LogP contribution is -2.35. The summed E-state index contributed by atoms with van der Waals surface area (Å²) in [6.07, 6.45) is 6.61. The van der Waals surface area contributed by atoms with E-state index in [1.807, 2.05) is 41.3 Å². The molecular formula is C29H41NO4. The van der Waals surface area contributed by atoms with E-state index < -0.39 is 12.1 Å². The number of unbranched alkanes of at least 4 members (excludes halogenated alkanes) is 4. The molecule has 0 aliphatic rings. The summed E-state index contributed by atoms with van der Waals surface area (Å²) in [5.74, 6) is -0.760. The molecule has 0 aliphatic carbocycles. The molecule has 0 radical (unpaired) electrons. The summed E-state index contributed by atoms with van der Waals surface area (Å²) in [6.45, 7) is 7.92. The van der Waals surface area contributed by atoms with Crippen LogP contribution >= 0.6 is 0 Å². The van der Waals surface area contributed by atoms with Crippen LogP contribution in [0.5, 0.6) is 0 Å². The molecule has 0 aliphatic heterocycles. The van der Waals surface area contributed by atoms with Crippen molar-refractivity contribution < 1.29 is 19.4 Å². The second kappa shape index (κ2) is 15.3. The Kier molecular flexibility index (Phi) is 12.4. The van der Waals surface area contributed by atoms with E-state index in [1.54, 1.807) is 6.92 Å². The minimum atomic E-state index is -0.937. The van der Waals surface area contributed by atoms with E-state index in [0.717, 1.165) is 42.5 Å². The smallest absolute Gasteiger partial charge is 0.333 e. The van der Waals surface area contributed by atoms with Crippen LogP contribution in [-0.4, -0.2) is 47.7 Å². The first-order valence-corrected chi connectivity index (χ1v) is 12.7. The van der Waals surface area contributed by atoms with Crippen LogP contribution in [0.3, 0.4) is 0 Å². The van der Waals surface area contributed by atoms with E-state index in [2.05, 4.69) is 26.0 Å². The van der Waals surface area contributed by atoms with Gasteiger partial charge >= 0.3 is 5.97 Å². The zero-order valence-electron chi connectivity index (χ0n) is 21.1. The second-order valence-electron chi connectivity index (χ2n) is 9.01. The first-order valence-electron chi connectivity index (χ1n) is 12.7. The average molecular weight is 468 g/mol. The number of aliphatic carboxylic acids is 1. The predicted molar refractivity (Wildman–Crippen MR) is 137 cm³/mol. The molecule has 0 saturated carbocycles. The Morgan fingerprint density at radius 1 is 0.853 bits per heavy atom. The van der Waals surface area contributed by atoms with Gasteiger partial charge in [-0.05, 0) is 43.4 Å². The first-order chi connectivity index (χ1) is 16.4. The summed E-state index contributed by atoms with van der Waals surface area (Å²) in [5.41, 5.74) is 4.33. The third-order valence-corrected chi connectivity index (χ3v) is 6.12. The third-order valence-electron chi connectivity index (χ3n) is 6.12. The van der Waals surface area contributed by atoms with Crippen molar-refractivity contribution in [3.63, 3.8) is 0 Å². The van der Waals surface area contributed by atoms with Crippen LogP contribution in [0.1, 0.15) is 68.2 Å². The van der Waals surface area contributed by atoms with Crippen molar-refractivity contribution in [2.24, 2.45) is 0 Å². The number of hydrogen-bond donors (Lipinski definition) is 1. The van der Waals surface area contributed by atoms with Gasteiger partial charge in [-0.1, -0.05) is 86.7 Å². The fraction of sp³-hybridized carbons (Fsp3) is 0.517. The van der Waals surface area contributed by atoms with Crippen molar-refractivity contribution in [1.82, 2.24) is 4.90 Å². The Morgan fingerprint density at radius 3 is 2.09 bits per heavy atom. The summed E-state index contributed by atoms with van der Waals surface area (Å²) >= 11 is 0. The van der Waals surface area contributed by atoms with Crippen LogP contribution in [-0.2, 0) is 33.6 Å². The number of ether oxygens (including phenoxy) is 1. The van der Waals surface area contributed by atoms with Gasteiger partial charge in [-0.15, -0.1) is 0 Å². The monoisotopic (exact) mass is 467 g/mol. The molecule has 0 spiro atoms. The molecule has 2 aromatic rings. The topological polar surface area (TPSA) is 66.8 Å². The molecule has 0 fully saturated rings. The highest BCUT2D eigenvalue weighted by Crippen LogP contribution is 2.13. The number of amides is 1. The number of carboxylic acid groups (broad SMARTS) is 1. The minimum Gasteiger partial charge on any atom is -0.479 e. The van der Waals surface area contributed by atoms with E-state index in [9.17, 15) is 14.7 Å². The number of benzene rings is 2. The Morgan fingerprint density at radius 2 is 1.47 bits per heavy atom. The van der Waals surface area contributed by atoms with Gasteiger partial charge in [0.05, 0.1) is 6.42 Å². The minimum absolute atomic E-state index is 0.178. The largest absolute Gasteiger partial charge is 0.479 e. The van der Waals surface area contributed by atoms with Gasteiger partial charge in [-0.3, -0.25) is 4.79 Å². The zero-order chi connectivity index (χ0) is 24.8. The number of carboxylic acids is 1. The molecule has 1 unspecified atom stereocenters. The van der Waals surface area contributed by atoms with E-state index in [1.165, 1.54) is 24.8 Å². The lowest BCUT2D eigenvalue weighted by Gasteiger charge is -2.23. The third kappa shape index (κ3) is 10.1. The van der Waals surface area contributed by atoms with Crippen LogP contribution in [0, 0.1) is 6.92 Å². The van der Waals surface area contributed by atoms with Crippen LogP contribution < -0.4 is 0 Å². The normalized spacial score (nSPS) is 11.9. The molecule has 34 heavy (non-hydrogen) atoms. The van der Waals surface area contributed by atoms with E-state index in [-0.39, 0.29) is 5.91 Å². The molecule has 0 aromatic heterocycles. The van der Waals surface area contributed by atoms with E-state index >= 15 is 0 Å². The maximum Gasteiger partial charge on any atom is 0.333 e. The van der Waals surface area contributed by atoms with Gasteiger partial charge in [0.25, 0.3) is 0 Å². The molecule has 0 saturated heterocycles. The Balaban J connectivity index is 1.96. The lowest BCUT2D eigenvalue weighted by atomic mass is 10.0. The van der Waals surface area contributed by atoms with Crippen LogP contribution in [0.2, 0.25) is 0 Å². The number of aryl methyl sites for hydroxylation is 1. The van der Waals surface area contributed by atoms with Crippen LogP contribution in [0.25, 0.3) is 0 Å². The zero-order valence-corrected chi connectivity index (χ0v) is 21.1. The molecular weight excluding hydrogens is 426 g/mol. The molecule has 1 atom stereocenters. The second-order valence-corrected chi connectivity index (χ2v) is 9.01. The maximum atomic E-state index is 13.1. The van der Waals surface area contributed by atoms with Gasteiger partial charge in [-0.25, -0.2) is 4.79 Å². The standard InChI is InChI=1S/C29H41NO4/c1-4-6-7-8-9-19-30(28(31)22-26-12-10-23(3)11-13-26)20-18-24-14-16-25(17-15-24)21-27(29(32)33)34-5-2/h10-17,27H,4-9,18-22H2,1-3H3,(H,32,33). The number of hydrogen-bond acceptors (Lipinski definition) is 3. The van der Waals surface area contributed by atoms with Gasteiger partial charge < -0.3 is 14.7 Å². The lowest BCUT2D eigenvalue weighted by molar-refractivity contribution is -0.150. The molecule has 1 amide bonds. The predicted octanol–water partition coefficient (Wildman–Crippen LogP) is 5.61. The summed E-state index contributed by atoms with van der Waals surface area (Å²) < 4.78 is 5.32. The van der Waals surface area contributed by atoms with Gasteiger partial charge in [0.15, 0.2) is 6.10 Å². The van der Waals surface area contributed by atoms with Crippen molar-refractivity contribution in [1.29, 1.82) is 0 Å². The van der Waals surface area contributed by atoms with Crippen LogP contribution in [0.4, 0.5) is 0 Å². The summed E-state index contributed by atoms with van der Waals surface area (Å²) in [4.78, 5) is 26.4. The van der Waals surface area contributed by atoms with Gasteiger partial charge in [-0.2, -0.15) is 0 Å². The van der Waals surface area contributed by atoms with Crippen molar-refractivity contribution >= 4 is 11.9 Å². The maximum absolute atomic E-state index is 13.1. The van der Waals surface area contributed by atoms with E-state index in [4.69, 9.17) is 4.74 Å². The van der Waals surface area contributed by atoms with Crippen molar-refractivity contribution in [3.8, 4) is 0 Å². The van der Waals surface area contributed by atoms with Crippen molar-refractivity contribution in [2.45, 2.75) is 78.2 Å². The number of nitrogens with zero attached hydrogens (tertiary/aromatic N) is 1. The number of carbonyl (C=O) groups excluding carboxylic acids is 1. The Bertz CT molecular complexity index is 861. The quantitative estimate of drug-likeness (QED) is 0.326. The fourth-order valence-corrected chi connectivity index (χ4v) is 4.00. The summed E-state index contributed by atoms with van der Waals surface area (Å²) in [7, 11) is 0. The van der Waals surface area contributed by atoms with Gasteiger partial charge in [0.2, 0.25) is 5.91 Å². The molecule has 2 rings (SSSR count). The first kappa shape index (κ1) is 27.6. The van der Waals surface area contributed by atoms with Gasteiger partial charge in [0.1, 0.15) is 0 Å². The SMILES string of the molecule is CCCCCCCN(CCc1ccc(CC(OCC)C(=O)O)cc1)C(=O)Cc1ccc(C)cc1. The Labute approximate surface area is 205 Å². The highest BCUT2D eigenvalue weighted by molar-refractivity contribution is 5.78. The number of carbonyl (C=O) groups is 2. The van der Waals surface area contributed by atoms with Crippen molar-refractivity contribution in [3.05, 3.63) is 70.8 Å². The molecule has 5 nitrogen and oxygen atoms in total. The molecule has 1 N–H and O–H groups in total. The summed E-state index contributed by atoms with van der Waals surface area (Å²) in [5, 5.41) is 9.29. The van der Waals surface area contributed by atoms with Crippen LogP contribution in [0.15, 0.2) is 48.5 Å². The fourth-order valence-electron chi connectivity index (χ4n) is 4.00. The van der Waals surface area contributed by atoms with Gasteiger partial charge in [0, 0.05) is 26.1 Å². The van der Waals surface area contributed by atoms with Crippen molar-refractivity contribution in [2.75, 3.05) is 19.7 Å².